The molecule has 778 valence electrons. The van der Waals surface area contributed by atoms with E-state index < -0.39 is 85.3 Å². The Morgan fingerprint density at radius 2 is 0.252 bits per heavy atom. The van der Waals surface area contributed by atoms with E-state index in [1.807, 2.05) is 0 Å². The Balaban J connectivity index is 3.15. The van der Waals surface area contributed by atoms with Gasteiger partial charge in [-0.05, 0) is 369 Å². The van der Waals surface area contributed by atoms with Crippen molar-refractivity contribution in [3.05, 3.63) is 48.5 Å². The minimum Gasteiger partial charge on any atom is -0.488 e. The summed E-state index contributed by atoms with van der Waals surface area (Å²) in [5.74, 6) is 7.15. The molecule has 0 saturated carbocycles. The average molecular weight is 1920 g/mol. The van der Waals surface area contributed by atoms with Crippen molar-refractivity contribution in [3.63, 3.8) is 0 Å². The summed E-state index contributed by atoms with van der Waals surface area (Å²) in [6, 6.07) is 17.5. The summed E-state index contributed by atoms with van der Waals surface area (Å²) in [7, 11) is -6.88. The van der Waals surface area contributed by atoms with E-state index in [0.29, 0.717) is 69.0 Å². The van der Waals surface area contributed by atoms with Gasteiger partial charge in [0.25, 0.3) is 18.1 Å². The lowest BCUT2D eigenvalue weighted by Crippen LogP contribution is -2.59. The molecule has 135 heavy (non-hydrogen) atoms. The first kappa shape index (κ1) is 122. The van der Waals surface area contributed by atoms with Crippen molar-refractivity contribution in [1.82, 2.24) is 0 Å². The molecule has 4 rings (SSSR count). The van der Waals surface area contributed by atoms with Crippen molar-refractivity contribution in [2.45, 2.75) is 625 Å². The zero-order chi connectivity index (χ0) is 101. The fraction of sp³-hybridized carbons (Fsp3) is 0.800. The third kappa shape index (κ3) is 44.9. The molecule has 0 bridgehead atoms. The monoisotopic (exact) mass is 1920 g/mol. The van der Waals surface area contributed by atoms with Crippen LogP contribution >= 0.6 is 0 Å². The van der Waals surface area contributed by atoms with Gasteiger partial charge in [-0.1, -0.05) is 237 Å². The third-order valence-corrected chi connectivity index (χ3v) is 32.0. The largest absolute Gasteiger partial charge is 0.488 e. The van der Waals surface area contributed by atoms with Crippen molar-refractivity contribution < 1.29 is 61.0 Å². The highest BCUT2D eigenvalue weighted by atomic mass is 28.4. The molecule has 0 aliphatic rings. The fourth-order valence-electron chi connectivity index (χ4n) is 18.4. The van der Waals surface area contributed by atoms with Gasteiger partial charge in [-0.25, -0.2) is 0 Å². The van der Waals surface area contributed by atoms with Gasteiger partial charge in [0, 0.05) is 0 Å². The van der Waals surface area contributed by atoms with E-state index in [1.165, 1.54) is 0 Å². The molecule has 2 radical (unpaired) electrons. The lowest BCUT2D eigenvalue weighted by Gasteiger charge is -2.40. The quantitative estimate of drug-likeness (QED) is 0.0308. The lowest BCUT2D eigenvalue weighted by atomic mass is 9.99. The molecule has 13 nitrogen and oxygen atoms in total. The SMILES string of the molecule is CCCCCC(C)(C)Oc1ccc(OC(C)(C)CCCCC)c([Si](O[Si](c2c(OC(C)(C)CCCCC)ccc(OC(C)(C)CCCCC)c2OC(C)(C)CCCCC)c2c(OC(C)(C)CCCCC)ccc(OC(C)(C)CCCCC)c2OC(C)(C)CCCCC)c2c(OC(C)(C)CCCCC)ccc(OC(C)(C)CCCCC)c2OC(C)(C)CCCCC)c1OC(C)(C)CCCCC. The number of hydrogen-bond donors (Lipinski definition) is 0. The molecule has 0 aliphatic carbocycles. The third-order valence-electron chi connectivity index (χ3n) is 26.6. The first-order valence-electron chi connectivity index (χ1n) is 55.7. The molecule has 0 fully saturated rings. The second kappa shape index (κ2) is 58.5. The zero-order valence-electron chi connectivity index (χ0n) is 94.9. The Kier molecular flexibility index (Phi) is 52.9. The van der Waals surface area contributed by atoms with Crippen molar-refractivity contribution >= 4 is 38.8 Å². The minimum absolute atomic E-state index is 0.561. The maximum atomic E-state index is 10.0. The first-order valence-corrected chi connectivity index (χ1v) is 58.5. The maximum absolute atomic E-state index is 10.0. The molecule has 0 heterocycles. The number of rotatable bonds is 78. The minimum atomic E-state index is -3.44. The molecule has 0 amide bonds. The predicted octanol–water partition coefficient (Wildman–Crippen LogP) is 35.5. The molecule has 4 aromatic carbocycles. The van der Waals surface area contributed by atoms with Crippen LogP contribution in [0.1, 0.15) is 557 Å². The maximum Gasteiger partial charge on any atom is 0.288 e. The first-order chi connectivity index (χ1) is 63.3. The molecule has 0 spiro atoms. The molecular formula is C120H212O13Si2. The van der Waals surface area contributed by atoms with Gasteiger partial charge in [-0.3, -0.25) is 0 Å². The van der Waals surface area contributed by atoms with E-state index >= 15 is 0 Å². The molecule has 15 heteroatoms. The molecule has 0 aromatic heterocycles. The van der Waals surface area contributed by atoms with Gasteiger partial charge in [0.15, 0.2) is 46.0 Å². The van der Waals surface area contributed by atoms with Crippen molar-refractivity contribution in [2.75, 3.05) is 0 Å². The van der Waals surface area contributed by atoms with Crippen LogP contribution in [0.4, 0.5) is 0 Å². The number of benzene rings is 4. The summed E-state index contributed by atoms with van der Waals surface area (Å²) < 4.78 is 109. The normalized spacial score (nSPS) is 13.1. The van der Waals surface area contributed by atoms with Gasteiger partial charge in [-0.15, -0.1) is 0 Å². The van der Waals surface area contributed by atoms with Crippen molar-refractivity contribution in [1.29, 1.82) is 0 Å². The lowest BCUT2D eigenvalue weighted by molar-refractivity contribution is 0.0634. The Morgan fingerprint density at radius 3 is 0.370 bits per heavy atom. The molecular weight excluding hydrogens is 1710 g/mol. The van der Waals surface area contributed by atoms with Crippen LogP contribution in [0.25, 0.3) is 0 Å². The van der Waals surface area contributed by atoms with E-state index in [2.05, 4.69) is 298 Å². The summed E-state index contributed by atoms with van der Waals surface area (Å²) in [5.41, 5.74) is -9.06. The van der Waals surface area contributed by atoms with Gasteiger partial charge in [0.2, 0.25) is 0 Å². The zero-order valence-corrected chi connectivity index (χ0v) is 96.9. The topological polar surface area (TPSA) is 120 Å². The number of ether oxygens (including phenoxy) is 12. The summed E-state index contributed by atoms with van der Waals surface area (Å²) in [6.07, 6.45) is 46.1. The summed E-state index contributed by atoms with van der Waals surface area (Å²) >= 11 is 0. The van der Waals surface area contributed by atoms with Crippen LogP contribution in [0, 0.1) is 0 Å². The standard InChI is InChI=1S/C120H212O13Si2/c1-37-49-61-81-109(13,14)121-93-73-77-97(125-113(21,22)85-65-53-41-5)105(101(93)129-117(29,30)89-69-57-45-9)134(106-98(126-114(23,24)86-66-54-42-6)78-74-94(122-110(15,16)82-62-50-38-2)102(106)130-118(31,32)90-70-58-46-10)133-135(107-99(127-115(25,26)87-67-55-43-7)79-75-95(123-111(17,18)83-63-51-39-3)103(107)131-119(33,34)91-71-59-47-11)108-100(128-116(27,28)88-68-56-44-8)80-76-96(124-112(19,20)84-64-52-40-4)104(108)132-120(35,36)92-72-60-48-12/h73-80H,37-72,81-92H2,1-36H3. The highest BCUT2D eigenvalue weighted by molar-refractivity contribution is 6.94. The molecule has 0 unspecified atom stereocenters. The van der Waals surface area contributed by atoms with Crippen LogP contribution in [-0.4, -0.2) is 85.3 Å². The van der Waals surface area contributed by atoms with Gasteiger partial charge in [0.1, 0.15) is 90.2 Å². The smallest absolute Gasteiger partial charge is 0.288 e. The highest BCUT2D eigenvalue weighted by Crippen LogP contribution is 2.48. The van der Waals surface area contributed by atoms with Crippen molar-refractivity contribution in [3.8, 4) is 69.0 Å². The molecule has 0 N–H and O–H groups in total. The van der Waals surface area contributed by atoms with Gasteiger partial charge in [0.05, 0.1) is 20.7 Å². The fourth-order valence-corrected chi connectivity index (χ4v) is 24.3. The Labute approximate surface area is 836 Å². The van der Waals surface area contributed by atoms with Gasteiger partial charge < -0.3 is 61.0 Å². The van der Waals surface area contributed by atoms with E-state index in [0.717, 1.165) is 329 Å². The number of unbranched alkanes of at least 4 members (excludes halogenated alkanes) is 24. The summed E-state index contributed by atoms with van der Waals surface area (Å²) in [4.78, 5) is 0. The van der Waals surface area contributed by atoms with Crippen LogP contribution in [0.5, 0.6) is 69.0 Å². The van der Waals surface area contributed by atoms with Crippen LogP contribution in [-0.2, 0) is 4.12 Å². The van der Waals surface area contributed by atoms with Crippen molar-refractivity contribution in [2.24, 2.45) is 0 Å². The summed E-state index contributed by atoms with van der Waals surface area (Å²) in [6.45, 7) is 82.1. The van der Waals surface area contributed by atoms with E-state index in [4.69, 9.17) is 56.8 Å². The van der Waals surface area contributed by atoms with Crippen LogP contribution in [0.15, 0.2) is 48.5 Å². The van der Waals surface area contributed by atoms with Gasteiger partial charge >= 0.3 is 0 Å². The van der Waals surface area contributed by atoms with E-state index in [1.54, 1.807) is 0 Å². The number of hydrogen-bond acceptors (Lipinski definition) is 13. The Hall–Kier alpha value is -5.13. The Bertz CT molecular complexity index is 3440. The molecule has 4 aromatic rings. The van der Waals surface area contributed by atoms with E-state index in [-0.39, 0.29) is 0 Å². The second-order valence-corrected chi connectivity index (χ2v) is 51.8. The van der Waals surface area contributed by atoms with Gasteiger partial charge in [-0.2, -0.15) is 0 Å². The molecule has 0 saturated heterocycles. The molecule has 0 atom stereocenters. The predicted molar refractivity (Wildman–Crippen MR) is 583 cm³/mol. The summed E-state index contributed by atoms with van der Waals surface area (Å²) in [5, 5.41) is 2.89. The molecule has 0 aliphatic heterocycles. The van der Waals surface area contributed by atoms with Crippen LogP contribution < -0.4 is 77.6 Å². The second-order valence-electron chi connectivity index (χ2n) is 47.7. The van der Waals surface area contributed by atoms with E-state index in [9.17, 15) is 4.12 Å². The van der Waals surface area contributed by atoms with Crippen LogP contribution in [0.2, 0.25) is 0 Å². The average Bonchev–Trinajstić information content (AvgIpc) is 0.731. The van der Waals surface area contributed by atoms with Crippen LogP contribution in [0.3, 0.4) is 0 Å². The highest BCUT2D eigenvalue weighted by Gasteiger charge is 2.50. The Morgan fingerprint density at radius 1 is 0.148 bits per heavy atom.